The van der Waals surface area contributed by atoms with Crippen molar-refractivity contribution in [3.05, 3.63) is 60.2 Å². The van der Waals surface area contributed by atoms with Crippen LogP contribution in [0.3, 0.4) is 0 Å². The molecule has 2 aromatic rings. The topological polar surface area (TPSA) is 74.7 Å². The molecule has 136 valence electrons. The van der Waals surface area contributed by atoms with Gasteiger partial charge in [-0.1, -0.05) is 55.5 Å². The summed E-state index contributed by atoms with van der Waals surface area (Å²) in [5.74, 6) is -2.14. The van der Waals surface area contributed by atoms with Gasteiger partial charge in [0.25, 0.3) is 5.91 Å². The molecule has 0 spiro atoms. The second-order valence-corrected chi connectivity index (χ2v) is 6.55. The lowest BCUT2D eigenvalue weighted by molar-refractivity contribution is -0.146. The Bertz CT molecular complexity index is 791. The van der Waals surface area contributed by atoms with Gasteiger partial charge in [-0.15, -0.1) is 0 Å². The quantitative estimate of drug-likeness (QED) is 0.806. The summed E-state index contributed by atoms with van der Waals surface area (Å²) in [5.41, 5.74) is 1.81. The number of carbonyl (C=O) groups excluding carboxylic acids is 2. The highest BCUT2D eigenvalue weighted by Crippen LogP contribution is 2.26. The van der Waals surface area contributed by atoms with Crippen LogP contribution in [0.2, 0.25) is 0 Å². The molecule has 0 bridgehead atoms. The molecule has 0 saturated heterocycles. The number of carbonyl (C=O) groups is 3. The lowest BCUT2D eigenvalue weighted by Crippen LogP contribution is -2.50. The first-order valence-electron chi connectivity index (χ1n) is 8.23. The summed E-state index contributed by atoms with van der Waals surface area (Å²) in [6, 6.07) is 15.1. The van der Waals surface area contributed by atoms with E-state index in [4.69, 9.17) is 0 Å². The van der Waals surface area contributed by atoms with Crippen LogP contribution in [-0.4, -0.2) is 45.8 Å². The predicted molar refractivity (Wildman–Crippen MR) is 103 cm³/mol. The van der Waals surface area contributed by atoms with E-state index in [-0.39, 0.29) is 12.2 Å². The summed E-state index contributed by atoms with van der Waals surface area (Å²) < 4.78 is 0. The van der Waals surface area contributed by atoms with Gasteiger partial charge in [-0.05, 0) is 23.4 Å². The van der Waals surface area contributed by atoms with E-state index in [2.05, 4.69) is 0 Å². The molecule has 6 heteroatoms. The van der Waals surface area contributed by atoms with Crippen LogP contribution in [0.25, 0.3) is 11.1 Å². The Morgan fingerprint density at radius 3 is 2.23 bits per heavy atom. The Morgan fingerprint density at radius 1 is 1.04 bits per heavy atom. The van der Waals surface area contributed by atoms with Crippen molar-refractivity contribution in [2.75, 3.05) is 12.0 Å². The highest BCUT2D eigenvalue weighted by atomic mass is 32.2. The predicted octanol–water partition coefficient (Wildman–Crippen LogP) is 3.55. The van der Waals surface area contributed by atoms with Gasteiger partial charge in [-0.2, -0.15) is 11.8 Å². The smallest absolute Gasteiger partial charge is 0.327 e. The first kappa shape index (κ1) is 19.7. The van der Waals surface area contributed by atoms with Crippen molar-refractivity contribution in [3.8, 4) is 11.1 Å². The Labute approximate surface area is 157 Å². The number of amides is 2. The Kier molecular flexibility index (Phi) is 6.97. The van der Waals surface area contributed by atoms with Crippen LogP contribution < -0.4 is 0 Å². The van der Waals surface area contributed by atoms with Crippen molar-refractivity contribution < 1.29 is 19.5 Å². The molecule has 1 N–H and O–H groups in total. The van der Waals surface area contributed by atoms with E-state index >= 15 is 0 Å². The molecule has 0 unspecified atom stereocenters. The first-order valence-corrected chi connectivity index (χ1v) is 9.63. The molecule has 2 amide bonds. The van der Waals surface area contributed by atoms with Crippen LogP contribution in [0, 0.1) is 0 Å². The number of hydrogen-bond acceptors (Lipinski definition) is 4. The molecule has 0 aliphatic rings. The molecule has 0 aliphatic heterocycles. The van der Waals surface area contributed by atoms with E-state index in [1.165, 1.54) is 11.8 Å². The molecule has 0 aromatic heterocycles. The molecule has 0 radical (unpaired) electrons. The minimum atomic E-state index is -1.20. The van der Waals surface area contributed by atoms with Crippen molar-refractivity contribution in [3.63, 3.8) is 0 Å². The number of nitrogens with zero attached hydrogens (tertiary/aromatic N) is 1. The Morgan fingerprint density at radius 2 is 1.65 bits per heavy atom. The minimum absolute atomic E-state index is 0.0530. The lowest BCUT2D eigenvalue weighted by atomic mass is 9.98. The minimum Gasteiger partial charge on any atom is -0.480 e. The fraction of sp³-hybridized carbons (Fsp3) is 0.250. The second-order valence-electron chi connectivity index (χ2n) is 5.64. The second kappa shape index (κ2) is 9.20. The summed E-state index contributed by atoms with van der Waals surface area (Å²) in [6.45, 7) is 1.61. The molecule has 5 nitrogen and oxygen atoms in total. The normalized spacial score (nSPS) is 11.6. The largest absolute Gasteiger partial charge is 0.480 e. The van der Waals surface area contributed by atoms with Gasteiger partial charge >= 0.3 is 5.97 Å². The van der Waals surface area contributed by atoms with Crippen molar-refractivity contribution in [1.82, 2.24) is 4.90 Å². The molecular weight excluding hydrogens is 350 g/mol. The average molecular weight is 371 g/mol. The van der Waals surface area contributed by atoms with Crippen LogP contribution in [0.4, 0.5) is 0 Å². The first-order chi connectivity index (χ1) is 12.5. The van der Waals surface area contributed by atoms with E-state index in [1.807, 2.05) is 36.4 Å². The highest BCUT2D eigenvalue weighted by molar-refractivity contribution is 7.98. The zero-order chi connectivity index (χ0) is 19.1. The number of carboxylic acids is 1. The fourth-order valence-electron chi connectivity index (χ4n) is 2.68. The van der Waals surface area contributed by atoms with Crippen LogP contribution in [0.5, 0.6) is 0 Å². The van der Waals surface area contributed by atoms with Gasteiger partial charge in [-0.25, -0.2) is 4.79 Å². The molecule has 0 heterocycles. The maximum Gasteiger partial charge on any atom is 0.327 e. The number of imide groups is 1. The maximum absolute atomic E-state index is 13.2. The van der Waals surface area contributed by atoms with Crippen molar-refractivity contribution >= 4 is 29.5 Å². The van der Waals surface area contributed by atoms with Gasteiger partial charge in [-0.3, -0.25) is 14.5 Å². The van der Waals surface area contributed by atoms with Crippen molar-refractivity contribution in [2.24, 2.45) is 0 Å². The third kappa shape index (κ3) is 4.32. The van der Waals surface area contributed by atoms with Gasteiger partial charge in [0, 0.05) is 17.7 Å². The van der Waals surface area contributed by atoms with Gasteiger partial charge < -0.3 is 5.11 Å². The van der Waals surface area contributed by atoms with Crippen LogP contribution in [0.1, 0.15) is 23.7 Å². The molecule has 0 fully saturated rings. The Hall–Kier alpha value is -2.60. The monoisotopic (exact) mass is 371 g/mol. The number of carboxylic acid groups (broad SMARTS) is 1. The fourth-order valence-corrected chi connectivity index (χ4v) is 3.29. The molecule has 2 rings (SSSR count). The van der Waals surface area contributed by atoms with Gasteiger partial charge in [0.15, 0.2) is 0 Å². The summed E-state index contributed by atoms with van der Waals surface area (Å²) in [4.78, 5) is 38.2. The third-order valence-corrected chi connectivity index (χ3v) is 4.60. The maximum atomic E-state index is 13.2. The van der Waals surface area contributed by atoms with Crippen LogP contribution in [-0.2, 0) is 9.59 Å². The number of hydrogen-bond donors (Lipinski definition) is 1. The number of thioether (sulfide) groups is 1. The van der Waals surface area contributed by atoms with E-state index in [9.17, 15) is 19.5 Å². The van der Waals surface area contributed by atoms with Crippen LogP contribution in [0.15, 0.2) is 54.6 Å². The van der Waals surface area contributed by atoms with E-state index < -0.39 is 23.8 Å². The molecule has 2 aromatic carbocycles. The molecular formula is C20H21NO4S. The summed E-state index contributed by atoms with van der Waals surface area (Å²) >= 11 is 1.28. The molecule has 1 atom stereocenters. The molecule has 0 saturated carbocycles. The van der Waals surface area contributed by atoms with Gasteiger partial charge in [0.2, 0.25) is 5.91 Å². The summed E-state index contributed by atoms with van der Waals surface area (Å²) in [6.07, 6.45) is 1.80. The SMILES string of the molecule is CCC(=O)N(C(=O)c1ccccc1-c1ccccc1)[C@@H](CSC)C(=O)O. The molecule has 26 heavy (non-hydrogen) atoms. The third-order valence-electron chi connectivity index (χ3n) is 3.95. The highest BCUT2D eigenvalue weighted by Gasteiger charge is 2.35. The standard InChI is InChI=1S/C20H21NO4S/c1-3-18(22)21(17(13-26-2)20(24)25)19(23)16-12-8-7-11-15(16)14-9-5-4-6-10-14/h4-12,17H,3,13H2,1-2H3,(H,24,25)/t17-/m0/s1. The van der Waals surface area contributed by atoms with E-state index in [0.717, 1.165) is 10.5 Å². The number of benzene rings is 2. The van der Waals surface area contributed by atoms with E-state index in [0.29, 0.717) is 11.1 Å². The summed E-state index contributed by atoms with van der Waals surface area (Å²) in [5, 5.41) is 9.54. The van der Waals surface area contributed by atoms with Crippen molar-refractivity contribution in [1.29, 1.82) is 0 Å². The van der Waals surface area contributed by atoms with Crippen LogP contribution >= 0.6 is 11.8 Å². The summed E-state index contributed by atoms with van der Waals surface area (Å²) in [7, 11) is 0. The van der Waals surface area contributed by atoms with E-state index in [1.54, 1.807) is 31.4 Å². The van der Waals surface area contributed by atoms with Gasteiger partial charge in [0.05, 0.1) is 0 Å². The zero-order valence-corrected chi connectivity index (χ0v) is 15.5. The number of rotatable bonds is 7. The van der Waals surface area contributed by atoms with Crippen molar-refractivity contribution in [2.45, 2.75) is 19.4 Å². The van der Waals surface area contributed by atoms with Gasteiger partial charge in [0.1, 0.15) is 6.04 Å². The average Bonchev–Trinajstić information content (AvgIpc) is 2.67. The number of aliphatic carboxylic acids is 1. The zero-order valence-electron chi connectivity index (χ0n) is 14.7. The molecule has 0 aliphatic carbocycles. The lowest BCUT2D eigenvalue weighted by Gasteiger charge is -2.27. The Balaban J connectivity index is 2.53.